The number of hydrogen-bond acceptors (Lipinski definition) is 3. The minimum absolute atomic E-state index is 0.0982. The van der Waals surface area contributed by atoms with Gasteiger partial charge in [-0.05, 0) is 45.2 Å². The number of rotatable bonds is 5. The minimum Gasteiger partial charge on any atom is -0.354 e. The number of ketones is 1. The maximum Gasteiger partial charge on any atom is 0.268 e. The van der Waals surface area contributed by atoms with Gasteiger partial charge in [0.15, 0.2) is 5.78 Å². The summed E-state index contributed by atoms with van der Waals surface area (Å²) in [6, 6.07) is 0.707. The highest BCUT2D eigenvalue weighted by atomic mass is 16.2. The Labute approximate surface area is 125 Å². The maximum absolute atomic E-state index is 12.3. The molecule has 1 aromatic heterocycles. The van der Waals surface area contributed by atoms with Gasteiger partial charge >= 0.3 is 0 Å². The Morgan fingerprint density at radius 1 is 1.38 bits per heavy atom. The number of Topliss-reactive ketones (excluding diaryl/α,β-unsaturated/α-hetero) is 1. The van der Waals surface area contributed by atoms with Crippen molar-refractivity contribution in [3.8, 4) is 0 Å². The highest BCUT2D eigenvalue weighted by Crippen LogP contribution is 2.26. The second-order valence-corrected chi connectivity index (χ2v) is 6.22. The molecule has 0 aliphatic heterocycles. The van der Waals surface area contributed by atoms with Crippen molar-refractivity contribution in [2.24, 2.45) is 0 Å². The second-order valence-electron chi connectivity index (χ2n) is 6.22. The molecule has 0 radical (unpaired) electrons. The number of fused-ring (bicyclic) bond motifs is 1. The van der Waals surface area contributed by atoms with Crippen molar-refractivity contribution in [2.45, 2.75) is 45.1 Å². The van der Waals surface area contributed by atoms with E-state index in [9.17, 15) is 9.59 Å². The molecule has 3 rings (SSSR count). The van der Waals surface area contributed by atoms with Crippen LogP contribution in [0.15, 0.2) is 0 Å². The van der Waals surface area contributed by atoms with Crippen molar-refractivity contribution in [3.05, 3.63) is 22.5 Å². The Morgan fingerprint density at radius 3 is 2.81 bits per heavy atom. The van der Waals surface area contributed by atoms with Crippen LogP contribution < -0.4 is 5.32 Å². The lowest BCUT2D eigenvalue weighted by molar-refractivity contribution is 0.0943. The van der Waals surface area contributed by atoms with E-state index in [-0.39, 0.29) is 11.7 Å². The van der Waals surface area contributed by atoms with Gasteiger partial charge in [0.2, 0.25) is 0 Å². The van der Waals surface area contributed by atoms with Crippen molar-refractivity contribution >= 4 is 11.7 Å². The molecule has 0 bridgehead atoms. The first-order valence-corrected chi connectivity index (χ1v) is 7.81. The molecule has 2 N–H and O–H groups in total. The number of nitrogens with zero attached hydrogens (tertiary/aromatic N) is 1. The molecule has 5 nitrogen and oxygen atoms in total. The molecule has 2 aliphatic rings. The molecule has 21 heavy (non-hydrogen) atoms. The van der Waals surface area contributed by atoms with Gasteiger partial charge in [0, 0.05) is 36.8 Å². The summed E-state index contributed by atoms with van der Waals surface area (Å²) >= 11 is 0. The molecule has 2 aliphatic carbocycles. The van der Waals surface area contributed by atoms with Crippen LogP contribution in [0.2, 0.25) is 0 Å². The highest BCUT2D eigenvalue weighted by molar-refractivity contribution is 6.04. The lowest BCUT2D eigenvalue weighted by Gasteiger charge is -2.15. The van der Waals surface area contributed by atoms with Gasteiger partial charge in [-0.2, -0.15) is 0 Å². The first kappa shape index (κ1) is 14.3. The summed E-state index contributed by atoms with van der Waals surface area (Å²) in [5, 5.41) is 2.95. The van der Waals surface area contributed by atoms with Gasteiger partial charge in [0.05, 0.1) is 0 Å². The first-order chi connectivity index (χ1) is 10.1. The predicted octanol–water partition coefficient (Wildman–Crippen LogP) is 1.67. The van der Waals surface area contributed by atoms with Gasteiger partial charge in [0.1, 0.15) is 5.69 Å². The van der Waals surface area contributed by atoms with Crippen molar-refractivity contribution < 1.29 is 9.59 Å². The summed E-state index contributed by atoms with van der Waals surface area (Å²) in [5.41, 5.74) is 3.05. The average molecular weight is 289 g/mol. The molecule has 0 unspecified atom stereocenters. The molecule has 0 saturated heterocycles. The smallest absolute Gasteiger partial charge is 0.268 e. The summed E-state index contributed by atoms with van der Waals surface area (Å²) < 4.78 is 0. The van der Waals surface area contributed by atoms with Gasteiger partial charge in [-0.1, -0.05) is 0 Å². The number of aryl methyl sites for hydroxylation is 1. The van der Waals surface area contributed by atoms with Crippen LogP contribution in [0.1, 0.15) is 57.8 Å². The number of likely N-dealkylation sites (N-methyl/N-ethyl adjacent to an activating group) is 1. The molecule has 1 aromatic rings. The lowest BCUT2D eigenvalue weighted by atomic mass is 9.94. The highest BCUT2D eigenvalue weighted by Gasteiger charge is 2.27. The molecule has 0 aromatic carbocycles. The molecule has 1 fully saturated rings. The van der Waals surface area contributed by atoms with E-state index in [1.807, 2.05) is 6.92 Å². The molecule has 1 heterocycles. The van der Waals surface area contributed by atoms with Crippen LogP contribution in [0, 0.1) is 6.92 Å². The molecular weight excluding hydrogens is 266 g/mol. The van der Waals surface area contributed by atoms with Crippen molar-refractivity contribution in [2.75, 3.05) is 20.1 Å². The van der Waals surface area contributed by atoms with Crippen molar-refractivity contribution in [3.63, 3.8) is 0 Å². The summed E-state index contributed by atoms with van der Waals surface area (Å²) in [5.74, 6) is 0.0661. The molecule has 5 heteroatoms. The summed E-state index contributed by atoms with van der Waals surface area (Å²) in [7, 11) is 2.10. The van der Waals surface area contributed by atoms with Crippen LogP contribution in [-0.4, -0.2) is 47.8 Å². The Morgan fingerprint density at radius 2 is 2.14 bits per heavy atom. The summed E-state index contributed by atoms with van der Waals surface area (Å²) in [6.45, 7) is 3.38. The number of nitrogens with one attached hydrogen (secondary N) is 2. The number of hydrogen-bond donors (Lipinski definition) is 2. The number of aromatic nitrogens is 1. The van der Waals surface area contributed by atoms with Crippen LogP contribution in [0.25, 0.3) is 0 Å². The van der Waals surface area contributed by atoms with Crippen LogP contribution in [0.5, 0.6) is 0 Å². The van der Waals surface area contributed by atoms with Gasteiger partial charge in [-0.25, -0.2) is 0 Å². The maximum atomic E-state index is 12.3. The monoisotopic (exact) mass is 289 g/mol. The van der Waals surface area contributed by atoms with Gasteiger partial charge in [-0.3, -0.25) is 9.59 Å². The van der Waals surface area contributed by atoms with Gasteiger partial charge in [-0.15, -0.1) is 0 Å². The van der Waals surface area contributed by atoms with Gasteiger partial charge < -0.3 is 15.2 Å². The largest absolute Gasteiger partial charge is 0.354 e. The number of carbonyl (C=O) groups is 2. The topological polar surface area (TPSA) is 65.2 Å². The average Bonchev–Trinajstić information content (AvgIpc) is 3.24. The predicted molar refractivity (Wildman–Crippen MR) is 80.8 cm³/mol. The normalized spacial score (nSPS) is 18.0. The van der Waals surface area contributed by atoms with Crippen molar-refractivity contribution in [1.82, 2.24) is 15.2 Å². The van der Waals surface area contributed by atoms with E-state index in [0.29, 0.717) is 24.7 Å². The van der Waals surface area contributed by atoms with E-state index >= 15 is 0 Å². The molecule has 0 spiro atoms. The third kappa shape index (κ3) is 2.88. The zero-order chi connectivity index (χ0) is 15.0. The van der Waals surface area contributed by atoms with E-state index in [1.165, 1.54) is 12.8 Å². The Balaban J connectivity index is 1.63. The van der Waals surface area contributed by atoms with Crippen molar-refractivity contribution in [1.29, 1.82) is 0 Å². The fraction of sp³-hybridized carbons (Fsp3) is 0.625. The van der Waals surface area contributed by atoms with E-state index in [1.54, 1.807) is 0 Å². The van der Waals surface area contributed by atoms with Crippen LogP contribution in [0.4, 0.5) is 0 Å². The summed E-state index contributed by atoms with van der Waals surface area (Å²) in [6.07, 6.45) is 4.88. The number of carbonyl (C=O) groups excluding carboxylic acids is 2. The van der Waals surface area contributed by atoms with E-state index in [0.717, 1.165) is 36.2 Å². The third-order valence-corrected chi connectivity index (χ3v) is 4.58. The Kier molecular flexibility index (Phi) is 3.85. The zero-order valence-electron chi connectivity index (χ0n) is 12.8. The van der Waals surface area contributed by atoms with E-state index < -0.39 is 0 Å². The fourth-order valence-electron chi connectivity index (χ4n) is 3.13. The number of H-pyrrole nitrogens is 1. The Bertz CT molecular complexity index is 572. The fourth-order valence-corrected chi connectivity index (χ4v) is 3.13. The molecule has 1 amide bonds. The number of amides is 1. The summed E-state index contributed by atoms with van der Waals surface area (Å²) in [4.78, 5) is 29.7. The van der Waals surface area contributed by atoms with E-state index in [4.69, 9.17) is 0 Å². The number of aromatic amines is 1. The van der Waals surface area contributed by atoms with Crippen LogP contribution >= 0.6 is 0 Å². The molecular formula is C16H23N3O2. The first-order valence-electron chi connectivity index (χ1n) is 7.81. The minimum atomic E-state index is -0.0982. The Hall–Kier alpha value is -1.62. The molecule has 114 valence electrons. The van der Waals surface area contributed by atoms with Crippen LogP contribution in [0.3, 0.4) is 0 Å². The quantitative estimate of drug-likeness (QED) is 0.866. The second kappa shape index (κ2) is 5.64. The third-order valence-electron chi connectivity index (χ3n) is 4.58. The van der Waals surface area contributed by atoms with E-state index in [2.05, 4.69) is 22.2 Å². The molecule has 1 saturated carbocycles. The zero-order valence-corrected chi connectivity index (χ0v) is 12.8. The van der Waals surface area contributed by atoms with Crippen LogP contribution in [-0.2, 0) is 6.42 Å². The standard InChI is InChI=1S/C16H23N3O2/c1-10-14-12(4-3-5-13(14)20)18-15(10)16(21)17-8-9-19(2)11-6-7-11/h11,18H,3-9H2,1-2H3,(H,17,21). The lowest BCUT2D eigenvalue weighted by Crippen LogP contribution is -2.34. The SMILES string of the molecule is Cc1c(C(=O)NCCN(C)C2CC2)[nH]c2c1C(=O)CCC2. The molecule has 0 atom stereocenters. The van der Waals surface area contributed by atoms with Gasteiger partial charge in [0.25, 0.3) is 5.91 Å².